The fraction of sp³-hybridized carbons (Fsp3) is 1.00. The molecule has 98 valence electrons. The molecular formula is C14H31NO. The molecular weight excluding hydrogens is 198 g/mol. The highest BCUT2D eigenvalue weighted by molar-refractivity contribution is 4.86. The first-order valence-corrected chi connectivity index (χ1v) is 7.04. The van der Waals surface area contributed by atoms with E-state index in [2.05, 4.69) is 18.7 Å². The van der Waals surface area contributed by atoms with Gasteiger partial charge in [-0.2, -0.15) is 0 Å². The molecule has 2 heteroatoms. The van der Waals surface area contributed by atoms with Gasteiger partial charge in [-0.05, 0) is 32.2 Å². The SMILES string of the molecule is CC.CCCCN1CCC(CC)(OC)CC1. The monoisotopic (exact) mass is 229 g/mol. The van der Waals surface area contributed by atoms with Gasteiger partial charge in [-0.25, -0.2) is 0 Å². The molecule has 0 aromatic carbocycles. The third-order valence-corrected chi connectivity index (χ3v) is 3.67. The summed E-state index contributed by atoms with van der Waals surface area (Å²) in [6.45, 7) is 12.2. The van der Waals surface area contributed by atoms with Crippen LogP contribution in [0.2, 0.25) is 0 Å². The van der Waals surface area contributed by atoms with Gasteiger partial charge in [0.05, 0.1) is 5.60 Å². The number of rotatable bonds is 5. The zero-order valence-electron chi connectivity index (χ0n) is 12.0. The Morgan fingerprint density at radius 3 is 2.06 bits per heavy atom. The molecule has 0 aromatic heterocycles. The molecule has 0 aliphatic carbocycles. The van der Waals surface area contributed by atoms with Crippen molar-refractivity contribution in [2.24, 2.45) is 0 Å². The van der Waals surface area contributed by atoms with Crippen LogP contribution in [0.4, 0.5) is 0 Å². The molecule has 0 saturated carbocycles. The second-order valence-corrected chi connectivity index (χ2v) is 4.44. The summed E-state index contributed by atoms with van der Waals surface area (Å²) in [7, 11) is 1.87. The lowest BCUT2D eigenvalue weighted by molar-refractivity contribution is -0.0594. The van der Waals surface area contributed by atoms with Gasteiger partial charge in [0.15, 0.2) is 0 Å². The summed E-state index contributed by atoms with van der Waals surface area (Å²) in [6.07, 6.45) is 6.23. The Labute approximate surface area is 102 Å². The van der Waals surface area contributed by atoms with E-state index in [4.69, 9.17) is 4.74 Å². The molecule has 1 rings (SSSR count). The predicted molar refractivity (Wildman–Crippen MR) is 72.0 cm³/mol. The van der Waals surface area contributed by atoms with E-state index in [1.807, 2.05) is 21.0 Å². The highest BCUT2D eigenvalue weighted by atomic mass is 16.5. The largest absolute Gasteiger partial charge is 0.378 e. The Bertz CT molecular complexity index is 145. The standard InChI is InChI=1S/C12H25NO.C2H6/c1-4-6-9-13-10-7-12(5-2,14-3)8-11-13;1-2/h4-11H2,1-3H3;1-2H3. The minimum absolute atomic E-state index is 0.197. The van der Waals surface area contributed by atoms with Crippen molar-refractivity contribution in [2.75, 3.05) is 26.7 Å². The highest BCUT2D eigenvalue weighted by Gasteiger charge is 2.32. The van der Waals surface area contributed by atoms with Crippen molar-refractivity contribution < 1.29 is 4.74 Å². The molecule has 1 heterocycles. The molecule has 1 fully saturated rings. The maximum Gasteiger partial charge on any atom is 0.0700 e. The minimum atomic E-state index is 0.197. The second kappa shape index (κ2) is 9.00. The van der Waals surface area contributed by atoms with E-state index in [0.717, 1.165) is 6.42 Å². The van der Waals surface area contributed by atoms with Crippen LogP contribution >= 0.6 is 0 Å². The molecule has 0 bridgehead atoms. The fourth-order valence-corrected chi connectivity index (χ4v) is 2.27. The smallest absolute Gasteiger partial charge is 0.0700 e. The Morgan fingerprint density at radius 2 is 1.69 bits per heavy atom. The average Bonchev–Trinajstić information content (AvgIpc) is 2.39. The van der Waals surface area contributed by atoms with Crippen molar-refractivity contribution in [3.63, 3.8) is 0 Å². The molecule has 0 radical (unpaired) electrons. The van der Waals surface area contributed by atoms with Gasteiger partial charge < -0.3 is 9.64 Å². The summed E-state index contributed by atoms with van der Waals surface area (Å²) in [5, 5.41) is 0. The summed E-state index contributed by atoms with van der Waals surface area (Å²) in [6, 6.07) is 0. The Hall–Kier alpha value is -0.0800. The van der Waals surface area contributed by atoms with Gasteiger partial charge in [-0.3, -0.25) is 0 Å². The van der Waals surface area contributed by atoms with Gasteiger partial charge in [0.25, 0.3) is 0 Å². The third kappa shape index (κ3) is 4.84. The molecule has 0 unspecified atom stereocenters. The van der Waals surface area contributed by atoms with Gasteiger partial charge in [0.1, 0.15) is 0 Å². The van der Waals surface area contributed by atoms with Crippen LogP contribution in [0.25, 0.3) is 0 Å². The lowest BCUT2D eigenvalue weighted by Gasteiger charge is -2.40. The van der Waals surface area contributed by atoms with Gasteiger partial charge in [0.2, 0.25) is 0 Å². The Kier molecular flexibility index (Phi) is 8.96. The average molecular weight is 229 g/mol. The molecule has 1 saturated heterocycles. The zero-order valence-corrected chi connectivity index (χ0v) is 12.0. The van der Waals surface area contributed by atoms with E-state index >= 15 is 0 Å². The lowest BCUT2D eigenvalue weighted by Crippen LogP contribution is -2.45. The van der Waals surface area contributed by atoms with Crippen molar-refractivity contribution in [1.29, 1.82) is 0 Å². The van der Waals surface area contributed by atoms with Crippen molar-refractivity contribution in [2.45, 2.75) is 65.4 Å². The van der Waals surface area contributed by atoms with Gasteiger partial charge in [-0.1, -0.05) is 34.1 Å². The summed E-state index contributed by atoms with van der Waals surface area (Å²) in [4.78, 5) is 2.58. The second-order valence-electron chi connectivity index (χ2n) is 4.44. The maximum absolute atomic E-state index is 5.65. The van der Waals surface area contributed by atoms with Gasteiger partial charge >= 0.3 is 0 Å². The summed E-state index contributed by atoms with van der Waals surface area (Å²) in [5.41, 5.74) is 0.197. The van der Waals surface area contributed by atoms with Crippen LogP contribution in [0.1, 0.15) is 59.8 Å². The third-order valence-electron chi connectivity index (χ3n) is 3.67. The fourth-order valence-electron chi connectivity index (χ4n) is 2.27. The quantitative estimate of drug-likeness (QED) is 0.712. The van der Waals surface area contributed by atoms with Crippen molar-refractivity contribution in [3.05, 3.63) is 0 Å². The first kappa shape index (κ1) is 15.9. The maximum atomic E-state index is 5.65. The van der Waals surface area contributed by atoms with Crippen molar-refractivity contribution in [1.82, 2.24) is 4.90 Å². The van der Waals surface area contributed by atoms with E-state index in [1.165, 1.54) is 45.3 Å². The van der Waals surface area contributed by atoms with Crippen LogP contribution in [-0.2, 0) is 4.74 Å². The number of hydrogen-bond donors (Lipinski definition) is 0. The van der Waals surface area contributed by atoms with E-state index in [9.17, 15) is 0 Å². The van der Waals surface area contributed by atoms with E-state index < -0.39 is 0 Å². The topological polar surface area (TPSA) is 12.5 Å². The number of likely N-dealkylation sites (tertiary alicyclic amines) is 1. The number of unbranched alkanes of at least 4 members (excludes halogenated alkanes) is 1. The molecule has 1 aliphatic rings. The highest BCUT2D eigenvalue weighted by Crippen LogP contribution is 2.28. The van der Waals surface area contributed by atoms with Crippen LogP contribution in [0.3, 0.4) is 0 Å². The molecule has 16 heavy (non-hydrogen) atoms. The van der Waals surface area contributed by atoms with E-state index in [0.29, 0.717) is 0 Å². The van der Waals surface area contributed by atoms with Crippen LogP contribution in [0, 0.1) is 0 Å². The van der Waals surface area contributed by atoms with Crippen molar-refractivity contribution in [3.8, 4) is 0 Å². The molecule has 1 aliphatic heterocycles. The summed E-state index contributed by atoms with van der Waals surface area (Å²) < 4.78 is 5.65. The minimum Gasteiger partial charge on any atom is -0.378 e. The number of methoxy groups -OCH3 is 1. The summed E-state index contributed by atoms with van der Waals surface area (Å²) >= 11 is 0. The zero-order chi connectivity index (χ0) is 12.4. The van der Waals surface area contributed by atoms with Gasteiger partial charge in [-0.15, -0.1) is 0 Å². The lowest BCUT2D eigenvalue weighted by atomic mass is 9.88. The number of nitrogens with zero attached hydrogens (tertiary/aromatic N) is 1. The number of ether oxygens (including phenoxy) is 1. The predicted octanol–water partition coefficient (Wildman–Crippen LogP) is 3.70. The summed E-state index contributed by atoms with van der Waals surface area (Å²) in [5.74, 6) is 0. The number of piperidine rings is 1. The first-order valence-electron chi connectivity index (χ1n) is 7.04. The van der Waals surface area contributed by atoms with Crippen LogP contribution < -0.4 is 0 Å². The molecule has 0 aromatic rings. The van der Waals surface area contributed by atoms with E-state index in [1.54, 1.807) is 0 Å². The molecule has 0 atom stereocenters. The molecule has 0 spiro atoms. The Morgan fingerprint density at radius 1 is 1.12 bits per heavy atom. The van der Waals surface area contributed by atoms with Crippen LogP contribution in [0.15, 0.2) is 0 Å². The molecule has 0 N–H and O–H groups in total. The molecule has 2 nitrogen and oxygen atoms in total. The first-order chi connectivity index (χ1) is 7.76. The molecule has 0 amide bonds. The van der Waals surface area contributed by atoms with E-state index in [-0.39, 0.29) is 5.60 Å². The Balaban J connectivity index is 0.00000106. The van der Waals surface area contributed by atoms with Gasteiger partial charge in [0, 0.05) is 20.2 Å². The van der Waals surface area contributed by atoms with Crippen LogP contribution in [-0.4, -0.2) is 37.2 Å². The van der Waals surface area contributed by atoms with Crippen molar-refractivity contribution >= 4 is 0 Å². The normalized spacial score (nSPS) is 20.1. The van der Waals surface area contributed by atoms with Crippen LogP contribution in [0.5, 0.6) is 0 Å². The number of hydrogen-bond acceptors (Lipinski definition) is 2.